The lowest BCUT2D eigenvalue weighted by Crippen LogP contribution is -2.17. The van der Waals surface area contributed by atoms with Gasteiger partial charge >= 0.3 is 0 Å². The van der Waals surface area contributed by atoms with Crippen LogP contribution < -0.4 is 10.0 Å². The van der Waals surface area contributed by atoms with Gasteiger partial charge in [0, 0.05) is 17.6 Å². The monoisotopic (exact) mass is 297 g/mol. The molecule has 2 heterocycles. The van der Waals surface area contributed by atoms with Crippen LogP contribution in [0.15, 0.2) is 40.7 Å². The summed E-state index contributed by atoms with van der Waals surface area (Å²) in [6.45, 7) is 3.33. The molecule has 0 atom stereocenters. The third-order valence-corrected chi connectivity index (χ3v) is 4.92. The SMILES string of the molecule is CCNCc1sccc1S(=O)(=O)Nc1ccccn1. The molecule has 7 heteroatoms. The summed E-state index contributed by atoms with van der Waals surface area (Å²) in [7, 11) is -3.57. The average molecular weight is 297 g/mol. The molecule has 2 aromatic heterocycles. The molecule has 0 bridgehead atoms. The van der Waals surface area contributed by atoms with Gasteiger partial charge in [-0.2, -0.15) is 0 Å². The Kier molecular flexibility index (Phi) is 4.52. The van der Waals surface area contributed by atoms with Crippen LogP contribution in [0.5, 0.6) is 0 Å². The quantitative estimate of drug-likeness (QED) is 0.856. The maximum absolute atomic E-state index is 12.3. The summed E-state index contributed by atoms with van der Waals surface area (Å²) in [4.78, 5) is 5.07. The van der Waals surface area contributed by atoms with Gasteiger partial charge in [0.05, 0.1) is 0 Å². The van der Waals surface area contributed by atoms with E-state index in [-0.39, 0.29) is 0 Å². The Bertz CT molecular complexity index is 623. The highest BCUT2D eigenvalue weighted by Crippen LogP contribution is 2.23. The van der Waals surface area contributed by atoms with Crippen LogP contribution in [0.1, 0.15) is 11.8 Å². The number of nitrogens with zero attached hydrogens (tertiary/aromatic N) is 1. The molecule has 5 nitrogen and oxygen atoms in total. The van der Waals surface area contributed by atoms with Gasteiger partial charge in [-0.15, -0.1) is 11.3 Å². The van der Waals surface area contributed by atoms with E-state index in [1.54, 1.807) is 35.8 Å². The van der Waals surface area contributed by atoms with Crippen molar-refractivity contribution in [3.63, 3.8) is 0 Å². The second kappa shape index (κ2) is 6.14. The predicted octanol–water partition coefficient (Wildman–Crippen LogP) is 2.05. The van der Waals surface area contributed by atoms with Gasteiger partial charge in [0.1, 0.15) is 10.7 Å². The molecule has 0 radical (unpaired) electrons. The molecule has 2 aromatic rings. The van der Waals surface area contributed by atoms with E-state index in [9.17, 15) is 8.42 Å². The molecule has 102 valence electrons. The minimum atomic E-state index is -3.57. The Morgan fingerprint density at radius 3 is 2.84 bits per heavy atom. The highest BCUT2D eigenvalue weighted by molar-refractivity contribution is 7.92. The van der Waals surface area contributed by atoms with E-state index < -0.39 is 10.0 Å². The van der Waals surface area contributed by atoms with Crippen LogP contribution in [0.3, 0.4) is 0 Å². The van der Waals surface area contributed by atoms with Crippen LogP contribution in [0.2, 0.25) is 0 Å². The van der Waals surface area contributed by atoms with Crippen LogP contribution in [0.25, 0.3) is 0 Å². The minimum Gasteiger partial charge on any atom is -0.312 e. The molecule has 2 rings (SSSR count). The molecule has 0 saturated heterocycles. The Morgan fingerprint density at radius 1 is 1.32 bits per heavy atom. The van der Waals surface area contributed by atoms with Gasteiger partial charge < -0.3 is 5.32 Å². The van der Waals surface area contributed by atoms with Gasteiger partial charge in [0.2, 0.25) is 0 Å². The summed E-state index contributed by atoms with van der Waals surface area (Å²) in [5.41, 5.74) is 0. The zero-order valence-electron chi connectivity index (χ0n) is 10.5. The lowest BCUT2D eigenvalue weighted by atomic mass is 10.4. The maximum Gasteiger partial charge on any atom is 0.264 e. The smallest absolute Gasteiger partial charge is 0.264 e. The molecule has 0 unspecified atom stereocenters. The Morgan fingerprint density at radius 2 is 2.16 bits per heavy atom. The van der Waals surface area contributed by atoms with Crippen LogP contribution in [0, 0.1) is 0 Å². The van der Waals surface area contributed by atoms with Crippen molar-refractivity contribution in [2.45, 2.75) is 18.4 Å². The molecule has 0 aliphatic rings. The van der Waals surface area contributed by atoms with Crippen molar-refractivity contribution >= 4 is 27.2 Å². The number of nitrogens with one attached hydrogen (secondary N) is 2. The van der Waals surface area contributed by atoms with E-state index in [2.05, 4.69) is 15.0 Å². The van der Waals surface area contributed by atoms with Crippen molar-refractivity contribution in [1.82, 2.24) is 10.3 Å². The number of anilines is 1. The summed E-state index contributed by atoms with van der Waals surface area (Å²) in [6, 6.07) is 6.70. The molecule has 0 spiro atoms. The van der Waals surface area contributed by atoms with E-state index in [4.69, 9.17) is 0 Å². The number of hydrogen-bond acceptors (Lipinski definition) is 5. The first-order chi connectivity index (χ1) is 9.13. The van der Waals surface area contributed by atoms with Crippen molar-refractivity contribution in [2.75, 3.05) is 11.3 Å². The van der Waals surface area contributed by atoms with Gasteiger partial charge in [-0.1, -0.05) is 13.0 Å². The summed E-state index contributed by atoms with van der Waals surface area (Å²) in [5.74, 6) is 0.322. The van der Waals surface area contributed by atoms with Gasteiger partial charge in [-0.25, -0.2) is 13.4 Å². The van der Waals surface area contributed by atoms with Crippen molar-refractivity contribution < 1.29 is 8.42 Å². The molecule has 0 saturated carbocycles. The number of sulfonamides is 1. The third-order valence-electron chi connectivity index (χ3n) is 2.43. The van der Waals surface area contributed by atoms with Crippen LogP contribution in [-0.4, -0.2) is 19.9 Å². The number of hydrogen-bond donors (Lipinski definition) is 2. The fraction of sp³-hybridized carbons (Fsp3) is 0.250. The summed E-state index contributed by atoms with van der Waals surface area (Å²) >= 11 is 1.42. The maximum atomic E-state index is 12.3. The molecule has 0 aliphatic heterocycles. The molecular weight excluding hydrogens is 282 g/mol. The van der Waals surface area contributed by atoms with E-state index >= 15 is 0 Å². The summed E-state index contributed by atoms with van der Waals surface area (Å²) in [5, 5.41) is 4.91. The van der Waals surface area contributed by atoms with E-state index in [0.29, 0.717) is 17.3 Å². The molecule has 2 N–H and O–H groups in total. The zero-order valence-corrected chi connectivity index (χ0v) is 12.1. The van der Waals surface area contributed by atoms with Crippen LogP contribution in [-0.2, 0) is 16.6 Å². The molecule has 0 aliphatic carbocycles. The van der Waals surface area contributed by atoms with Crippen molar-refractivity contribution in [1.29, 1.82) is 0 Å². The summed E-state index contributed by atoms with van der Waals surface area (Å²) < 4.78 is 27.0. The Labute approximate surface area is 116 Å². The van der Waals surface area contributed by atoms with Gasteiger partial charge in [0.25, 0.3) is 10.0 Å². The topological polar surface area (TPSA) is 71.1 Å². The van der Waals surface area contributed by atoms with Gasteiger partial charge in [0.15, 0.2) is 0 Å². The Balaban J connectivity index is 2.22. The second-order valence-electron chi connectivity index (χ2n) is 3.81. The molecular formula is C12H15N3O2S2. The summed E-state index contributed by atoms with van der Waals surface area (Å²) in [6.07, 6.45) is 1.55. The Hall–Kier alpha value is -1.44. The van der Waals surface area contributed by atoms with Crippen molar-refractivity contribution in [3.8, 4) is 0 Å². The second-order valence-corrected chi connectivity index (χ2v) is 6.46. The molecule has 0 fully saturated rings. The number of aromatic nitrogens is 1. The largest absolute Gasteiger partial charge is 0.312 e. The fourth-order valence-corrected chi connectivity index (χ4v) is 3.97. The lowest BCUT2D eigenvalue weighted by Gasteiger charge is -2.08. The fourth-order valence-electron chi connectivity index (χ4n) is 1.55. The standard InChI is InChI=1S/C12H15N3O2S2/c1-2-13-9-10-11(6-8-18-10)19(16,17)15-12-5-3-4-7-14-12/h3-8,13H,2,9H2,1H3,(H,14,15). The third kappa shape index (κ3) is 3.52. The van der Waals surface area contributed by atoms with Crippen molar-refractivity contribution in [2.24, 2.45) is 0 Å². The predicted molar refractivity (Wildman–Crippen MR) is 76.7 cm³/mol. The van der Waals surface area contributed by atoms with E-state index in [1.807, 2.05) is 6.92 Å². The highest BCUT2D eigenvalue weighted by Gasteiger charge is 2.19. The number of rotatable bonds is 6. The first-order valence-corrected chi connectivity index (χ1v) is 8.20. The minimum absolute atomic E-state index is 0.309. The van der Waals surface area contributed by atoms with E-state index in [0.717, 1.165) is 11.4 Å². The first-order valence-electron chi connectivity index (χ1n) is 5.84. The van der Waals surface area contributed by atoms with Crippen LogP contribution >= 0.6 is 11.3 Å². The molecule has 19 heavy (non-hydrogen) atoms. The lowest BCUT2D eigenvalue weighted by molar-refractivity contribution is 0.599. The van der Waals surface area contributed by atoms with Crippen LogP contribution in [0.4, 0.5) is 5.82 Å². The normalized spacial score (nSPS) is 11.4. The van der Waals surface area contributed by atoms with E-state index in [1.165, 1.54) is 11.3 Å². The zero-order chi connectivity index (χ0) is 13.7. The highest BCUT2D eigenvalue weighted by atomic mass is 32.2. The number of pyridine rings is 1. The van der Waals surface area contributed by atoms with Gasteiger partial charge in [-0.05, 0) is 30.1 Å². The molecule has 0 aromatic carbocycles. The first kappa shape index (κ1) is 14.0. The van der Waals surface area contributed by atoms with Gasteiger partial charge in [-0.3, -0.25) is 4.72 Å². The van der Waals surface area contributed by atoms with Crippen molar-refractivity contribution in [3.05, 3.63) is 40.7 Å². The number of thiophene rings is 1. The average Bonchev–Trinajstić information content (AvgIpc) is 2.86. The molecule has 0 amide bonds.